The smallest absolute Gasteiger partial charge is 0.354 e. The molecule has 5 heteroatoms. The third-order valence-corrected chi connectivity index (χ3v) is 2.49. The van der Waals surface area contributed by atoms with E-state index in [9.17, 15) is 14.7 Å². The molecule has 1 heterocycles. The van der Waals surface area contributed by atoms with Crippen molar-refractivity contribution in [1.29, 1.82) is 0 Å². The Labute approximate surface area is 100 Å². The molecule has 5 nitrogen and oxygen atoms in total. The van der Waals surface area contributed by atoms with E-state index in [1.54, 1.807) is 0 Å². The highest BCUT2D eigenvalue weighted by atomic mass is 16.4. The molecule has 0 bridgehead atoms. The topological polar surface area (TPSA) is 72.2 Å². The fourth-order valence-corrected chi connectivity index (χ4v) is 1.85. The summed E-state index contributed by atoms with van der Waals surface area (Å²) < 4.78 is 1.40. The van der Waals surface area contributed by atoms with Crippen molar-refractivity contribution in [2.45, 2.75) is 46.1 Å². The predicted octanol–water partition coefficient (Wildman–Crippen LogP) is 2.27. The molecule has 0 atom stereocenters. The third kappa shape index (κ3) is 2.38. The molecule has 1 rings (SSSR count). The van der Waals surface area contributed by atoms with Gasteiger partial charge in [0.1, 0.15) is 5.69 Å². The number of hydrogen-bond acceptors (Lipinski definition) is 3. The first-order chi connectivity index (χ1) is 7.70. The van der Waals surface area contributed by atoms with E-state index in [4.69, 9.17) is 0 Å². The zero-order valence-electron chi connectivity index (χ0n) is 10.8. The van der Waals surface area contributed by atoms with Gasteiger partial charge in [-0.3, -0.25) is 9.48 Å². The average molecular weight is 238 g/mol. The van der Waals surface area contributed by atoms with E-state index in [0.717, 1.165) is 0 Å². The van der Waals surface area contributed by atoms with Crippen LogP contribution in [0.4, 0.5) is 0 Å². The minimum atomic E-state index is -1.05. The van der Waals surface area contributed by atoms with Crippen LogP contribution in [0.25, 0.3) is 0 Å². The van der Waals surface area contributed by atoms with E-state index in [0.29, 0.717) is 11.8 Å². The Balaban J connectivity index is 3.65. The second-order valence-electron chi connectivity index (χ2n) is 5.32. The molecular formula is C12H18N2O3. The highest BCUT2D eigenvalue weighted by Gasteiger charge is 2.31. The number of carboxylic acid groups (broad SMARTS) is 1. The van der Waals surface area contributed by atoms with Gasteiger partial charge in [-0.15, -0.1) is 0 Å². The maximum absolute atomic E-state index is 11.3. The van der Waals surface area contributed by atoms with Gasteiger partial charge in [0.2, 0.25) is 0 Å². The molecule has 1 aromatic rings. The number of hydrogen-bond donors (Lipinski definition) is 1. The maximum atomic E-state index is 11.3. The van der Waals surface area contributed by atoms with Gasteiger partial charge in [-0.1, -0.05) is 20.8 Å². The molecule has 0 radical (unpaired) electrons. The standard InChI is InChI=1S/C12H18N2O3/c1-7(2)14-10(11(16)17)9(12(3,4)5)8(6-15)13-14/h6-7H,1-5H3,(H,16,17). The molecule has 0 aliphatic heterocycles. The number of rotatable bonds is 3. The number of carbonyl (C=O) groups excluding carboxylic acids is 1. The molecule has 0 unspecified atom stereocenters. The molecule has 94 valence electrons. The molecule has 0 spiro atoms. The summed E-state index contributed by atoms with van der Waals surface area (Å²) in [5, 5.41) is 13.4. The van der Waals surface area contributed by atoms with Crippen LogP contribution in [0.15, 0.2) is 0 Å². The van der Waals surface area contributed by atoms with Gasteiger partial charge in [-0.05, 0) is 19.3 Å². The van der Waals surface area contributed by atoms with Gasteiger partial charge in [-0.25, -0.2) is 4.79 Å². The molecule has 0 amide bonds. The summed E-state index contributed by atoms with van der Waals surface area (Å²) in [5.74, 6) is -1.05. The molecule has 0 saturated carbocycles. The van der Waals surface area contributed by atoms with E-state index in [1.165, 1.54) is 4.68 Å². The van der Waals surface area contributed by atoms with Crippen molar-refractivity contribution in [2.24, 2.45) is 0 Å². The van der Waals surface area contributed by atoms with Crippen molar-refractivity contribution in [3.05, 3.63) is 17.0 Å². The maximum Gasteiger partial charge on any atom is 0.354 e. The van der Waals surface area contributed by atoms with Crippen LogP contribution in [0.3, 0.4) is 0 Å². The van der Waals surface area contributed by atoms with E-state index in [-0.39, 0.29) is 17.4 Å². The lowest BCUT2D eigenvalue weighted by Crippen LogP contribution is -2.20. The zero-order chi connectivity index (χ0) is 13.4. The van der Waals surface area contributed by atoms with Gasteiger partial charge in [0, 0.05) is 11.6 Å². The minimum absolute atomic E-state index is 0.101. The first kappa shape index (κ1) is 13.4. The van der Waals surface area contributed by atoms with Crippen LogP contribution in [-0.4, -0.2) is 27.1 Å². The SMILES string of the molecule is CC(C)n1nc(C=O)c(C(C)(C)C)c1C(=O)O. The number of nitrogens with zero attached hydrogens (tertiary/aromatic N) is 2. The summed E-state index contributed by atoms with van der Waals surface area (Å²) in [4.78, 5) is 22.4. The van der Waals surface area contributed by atoms with Gasteiger partial charge < -0.3 is 5.11 Å². The Morgan fingerprint density at radius 3 is 2.24 bits per heavy atom. The number of carboxylic acids is 1. The van der Waals surface area contributed by atoms with Crippen molar-refractivity contribution >= 4 is 12.3 Å². The molecule has 0 fully saturated rings. The van der Waals surface area contributed by atoms with Crippen LogP contribution in [0.5, 0.6) is 0 Å². The summed E-state index contributed by atoms with van der Waals surface area (Å²) in [6.07, 6.45) is 0.617. The Morgan fingerprint density at radius 1 is 1.41 bits per heavy atom. The summed E-state index contributed by atoms with van der Waals surface area (Å²) in [5.41, 5.74) is 0.379. The highest BCUT2D eigenvalue weighted by Crippen LogP contribution is 2.30. The zero-order valence-corrected chi connectivity index (χ0v) is 10.8. The van der Waals surface area contributed by atoms with Gasteiger partial charge in [0.25, 0.3) is 0 Å². The normalized spacial score (nSPS) is 11.9. The minimum Gasteiger partial charge on any atom is -0.477 e. The summed E-state index contributed by atoms with van der Waals surface area (Å²) in [6, 6.07) is -0.101. The first-order valence-corrected chi connectivity index (χ1v) is 5.51. The van der Waals surface area contributed by atoms with E-state index < -0.39 is 11.4 Å². The second kappa shape index (κ2) is 4.31. The fourth-order valence-electron chi connectivity index (χ4n) is 1.85. The quantitative estimate of drug-likeness (QED) is 0.820. The fraction of sp³-hybridized carbons (Fsp3) is 0.583. The van der Waals surface area contributed by atoms with Gasteiger partial charge in [0.05, 0.1) is 0 Å². The van der Waals surface area contributed by atoms with E-state index >= 15 is 0 Å². The summed E-state index contributed by atoms with van der Waals surface area (Å²) >= 11 is 0. The largest absolute Gasteiger partial charge is 0.477 e. The monoisotopic (exact) mass is 238 g/mol. The van der Waals surface area contributed by atoms with E-state index in [2.05, 4.69) is 5.10 Å². The molecule has 0 aliphatic rings. The Kier molecular flexibility index (Phi) is 3.40. The number of carbonyl (C=O) groups is 2. The highest BCUT2D eigenvalue weighted by molar-refractivity contribution is 5.91. The van der Waals surface area contributed by atoms with Crippen LogP contribution < -0.4 is 0 Å². The summed E-state index contributed by atoms with van der Waals surface area (Å²) in [6.45, 7) is 9.28. The van der Waals surface area contributed by atoms with Crippen LogP contribution in [0.1, 0.15) is 67.2 Å². The molecule has 1 N–H and O–H groups in total. The van der Waals surface area contributed by atoms with Crippen LogP contribution >= 0.6 is 0 Å². The molecule has 1 aromatic heterocycles. The van der Waals surface area contributed by atoms with Crippen LogP contribution in [0, 0.1) is 0 Å². The van der Waals surface area contributed by atoms with Crippen molar-refractivity contribution in [1.82, 2.24) is 9.78 Å². The van der Waals surface area contributed by atoms with E-state index in [1.807, 2.05) is 34.6 Å². The lowest BCUT2D eigenvalue weighted by molar-refractivity contribution is 0.0678. The second-order valence-corrected chi connectivity index (χ2v) is 5.32. The molecule has 0 aromatic carbocycles. The Hall–Kier alpha value is -1.65. The van der Waals surface area contributed by atoms with Crippen molar-refractivity contribution in [3.8, 4) is 0 Å². The average Bonchev–Trinajstić information content (AvgIpc) is 2.55. The lowest BCUT2D eigenvalue weighted by atomic mass is 9.85. The number of aldehydes is 1. The van der Waals surface area contributed by atoms with Crippen molar-refractivity contribution in [3.63, 3.8) is 0 Å². The number of aromatic carboxylic acids is 1. The first-order valence-electron chi connectivity index (χ1n) is 5.51. The molecule has 17 heavy (non-hydrogen) atoms. The van der Waals surface area contributed by atoms with Crippen LogP contribution in [0.2, 0.25) is 0 Å². The van der Waals surface area contributed by atoms with Gasteiger partial charge in [0.15, 0.2) is 12.0 Å². The van der Waals surface area contributed by atoms with Gasteiger partial charge >= 0.3 is 5.97 Å². The molecule has 0 aliphatic carbocycles. The Morgan fingerprint density at radius 2 is 1.94 bits per heavy atom. The number of aromatic nitrogens is 2. The third-order valence-electron chi connectivity index (χ3n) is 2.49. The lowest BCUT2D eigenvalue weighted by Gasteiger charge is -2.19. The molecular weight excluding hydrogens is 220 g/mol. The summed E-state index contributed by atoms with van der Waals surface area (Å²) in [7, 11) is 0. The predicted molar refractivity (Wildman–Crippen MR) is 63.7 cm³/mol. The Bertz CT molecular complexity index is 453. The van der Waals surface area contributed by atoms with Crippen molar-refractivity contribution in [2.75, 3.05) is 0 Å². The van der Waals surface area contributed by atoms with Crippen LogP contribution in [-0.2, 0) is 5.41 Å². The van der Waals surface area contributed by atoms with Crippen molar-refractivity contribution < 1.29 is 14.7 Å². The van der Waals surface area contributed by atoms with Gasteiger partial charge in [-0.2, -0.15) is 5.10 Å². The molecule has 0 saturated heterocycles.